The van der Waals surface area contributed by atoms with Crippen molar-refractivity contribution >= 4 is 0 Å². The molecule has 0 N–H and O–H groups in total. The van der Waals surface area contributed by atoms with Crippen LogP contribution in [0.15, 0.2) is 22.9 Å². The third-order valence-corrected chi connectivity index (χ3v) is 4.05. The molecule has 102 valence electrons. The molecule has 2 atom stereocenters. The molecule has 0 aromatic carbocycles. The SMILES string of the molecule is CCC1CCC(c2noc(-c3ccnc(C#N)c3)n2)C1. The zero-order valence-corrected chi connectivity index (χ0v) is 11.4. The van der Waals surface area contributed by atoms with E-state index in [4.69, 9.17) is 9.78 Å². The van der Waals surface area contributed by atoms with Gasteiger partial charge in [0.2, 0.25) is 0 Å². The van der Waals surface area contributed by atoms with Crippen LogP contribution in [-0.2, 0) is 0 Å². The Bertz CT molecular complexity index is 643. The lowest BCUT2D eigenvalue weighted by atomic mass is 10.0. The van der Waals surface area contributed by atoms with E-state index in [9.17, 15) is 0 Å². The minimum atomic E-state index is 0.356. The van der Waals surface area contributed by atoms with E-state index in [0.717, 1.165) is 30.1 Å². The van der Waals surface area contributed by atoms with Crippen molar-refractivity contribution in [1.82, 2.24) is 15.1 Å². The maximum absolute atomic E-state index is 8.86. The largest absolute Gasteiger partial charge is 0.334 e. The highest BCUT2D eigenvalue weighted by Gasteiger charge is 2.28. The van der Waals surface area contributed by atoms with Gasteiger partial charge in [0, 0.05) is 17.7 Å². The minimum absolute atomic E-state index is 0.356. The lowest BCUT2D eigenvalue weighted by Gasteiger charge is -2.04. The van der Waals surface area contributed by atoms with Crippen LogP contribution in [0.1, 0.15) is 50.0 Å². The van der Waals surface area contributed by atoms with Crippen molar-refractivity contribution in [3.63, 3.8) is 0 Å². The Kier molecular flexibility index (Phi) is 3.46. The van der Waals surface area contributed by atoms with E-state index in [-0.39, 0.29) is 0 Å². The van der Waals surface area contributed by atoms with Gasteiger partial charge in [-0.25, -0.2) is 4.98 Å². The molecule has 1 fully saturated rings. The van der Waals surface area contributed by atoms with Crippen molar-refractivity contribution in [1.29, 1.82) is 5.26 Å². The summed E-state index contributed by atoms with van der Waals surface area (Å²) in [5.74, 6) is 2.47. The molecule has 0 spiro atoms. The van der Waals surface area contributed by atoms with E-state index in [0.29, 0.717) is 17.5 Å². The van der Waals surface area contributed by atoms with E-state index in [1.54, 1.807) is 18.3 Å². The molecule has 2 aromatic heterocycles. The monoisotopic (exact) mass is 268 g/mol. The molecular formula is C15H16N4O. The molecule has 2 heterocycles. The average molecular weight is 268 g/mol. The van der Waals surface area contributed by atoms with Gasteiger partial charge in [0.05, 0.1) is 0 Å². The van der Waals surface area contributed by atoms with Crippen LogP contribution in [0, 0.1) is 17.2 Å². The van der Waals surface area contributed by atoms with Crippen molar-refractivity contribution < 1.29 is 4.52 Å². The van der Waals surface area contributed by atoms with Gasteiger partial charge in [0.15, 0.2) is 5.82 Å². The summed E-state index contributed by atoms with van der Waals surface area (Å²) in [6.45, 7) is 2.23. The Hall–Kier alpha value is -2.22. The number of hydrogen-bond donors (Lipinski definition) is 0. The minimum Gasteiger partial charge on any atom is -0.334 e. The Labute approximate surface area is 117 Å². The van der Waals surface area contributed by atoms with Crippen molar-refractivity contribution in [2.75, 3.05) is 0 Å². The Balaban J connectivity index is 1.82. The molecule has 20 heavy (non-hydrogen) atoms. The number of nitriles is 1. The van der Waals surface area contributed by atoms with Crippen LogP contribution in [-0.4, -0.2) is 15.1 Å². The maximum atomic E-state index is 8.86. The Morgan fingerprint density at radius 2 is 2.35 bits per heavy atom. The highest BCUT2D eigenvalue weighted by Crippen LogP contribution is 2.38. The second-order valence-corrected chi connectivity index (χ2v) is 5.28. The van der Waals surface area contributed by atoms with Crippen LogP contribution < -0.4 is 0 Å². The van der Waals surface area contributed by atoms with Gasteiger partial charge in [-0.3, -0.25) is 0 Å². The standard InChI is InChI=1S/C15H16N4O/c1-2-10-3-4-11(7-10)14-18-15(20-19-14)12-5-6-17-13(8-12)9-16/h5-6,8,10-11H,2-4,7H2,1H3. The Morgan fingerprint density at radius 1 is 1.45 bits per heavy atom. The van der Waals surface area contributed by atoms with E-state index in [1.807, 2.05) is 6.07 Å². The van der Waals surface area contributed by atoms with Crippen molar-refractivity contribution in [2.45, 2.75) is 38.5 Å². The number of aromatic nitrogens is 3. The van der Waals surface area contributed by atoms with Gasteiger partial charge in [-0.05, 0) is 37.3 Å². The molecule has 1 aliphatic carbocycles. The Morgan fingerprint density at radius 3 is 3.10 bits per heavy atom. The molecular weight excluding hydrogens is 252 g/mol. The fraction of sp³-hybridized carbons (Fsp3) is 0.467. The predicted octanol–water partition coefficient (Wildman–Crippen LogP) is 3.30. The van der Waals surface area contributed by atoms with Crippen LogP contribution in [0.3, 0.4) is 0 Å². The molecule has 0 saturated heterocycles. The van der Waals surface area contributed by atoms with E-state index in [1.165, 1.54) is 12.8 Å². The summed E-state index contributed by atoms with van der Waals surface area (Å²) in [6, 6.07) is 5.46. The van der Waals surface area contributed by atoms with Crippen molar-refractivity contribution in [3.8, 4) is 17.5 Å². The molecule has 2 aromatic rings. The zero-order chi connectivity index (χ0) is 13.9. The summed E-state index contributed by atoms with van der Waals surface area (Å²) in [5, 5.41) is 13.0. The normalized spacial score (nSPS) is 21.8. The van der Waals surface area contributed by atoms with Gasteiger partial charge in [-0.2, -0.15) is 10.2 Å². The van der Waals surface area contributed by atoms with Gasteiger partial charge < -0.3 is 4.52 Å². The molecule has 5 nitrogen and oxygen atoms in total. The molecule has 0 bridgehead atoms. The molecule has 0 radical (unpaired) electrons. The average Bonchev–Trinajstić information content (AvgIpc) is 3.15. The third kappa shape index (κ3) is 2.42. The van der Waals surface area contributed by atoms with Crippen LogP contribution in [0.25, 0.3) is 11.5 Å². The summed E-state index contributed by atoms with van der Waals surface area (Å²) in [5.41, 5.74) is 1.11. The summed E-state index contributed by atoms with van der Waals surface area (Å²) < 4.78 is 5.33. The first-order valence-electron chi connectivity index (χ1n) is 7.00. The first-order chi connectivity index (χ1) is 9.80. The molecule has 3 rings (SSSR count). The summed E-state index contributed by atoms with van der Waals surface area (Å²) in [6.07, 6.45) is 6.34. The quantitative estimate of drug-likeness (QED) is 0.853. The molecule has 1 saturated carbocycles. The van der Waals surface area contributed by atoms with E-state index < -0.39 is 0 Å². The molecule has 0 amide bonds. The first kappa shape index (κ1) is 12.8. The predicted molar refractivity (Wildman–Crippen MR) is 72.6 cm³/mol. The van der Waals surface area contributed by atoms with Gasteiger partial charge in [-0.15, -0.1) is 0 Å². The fourth-order valence-electron chi connectivity index (χ4n) is 2.82. The van der Waals surface area contributed by atoms with Gasteiger partial charge in [0.25, 0.3) is 5.89 Å². The molecule has 0 aliphatic heterocycles. The molecule has 5 heteroatoms. The molecule has 1 aliphatic rings. The van der Waals surface area contributed by atoms with Gasteiger partial charge in [0.1, 0.15) is 11.8 Å². The number of rotatable bonds is 3. The third-order valence-electron chi connectivity index (χ3n) is 4.05. The van der Waals surface area contributed by atoms with Crippen molar-refractivity contribution in [2.24, 2.45) is 5.92 Å². The number of pyridine rings is 1. The second-order valence-electron chi connectivity index (χ2n) is 5.28. The highest BCUT2D eigenvalue weighted by atomic mass is 16.5. The number of nitrogens with zero attached hydrogens (tertiary/aromatic N) is 4. The smallest absolute Gasteiger partial charge is 0.258 e. The zero-order valence-electron chi connectivity index (χ0n) is 11.4. The van der Waals surface area contributed by atoms with Crippen LogP contribution in [0.4, 0.5) is 0 Å². The van der Waals surface area contributed by atoms with Gasteiger partial charge >= 0.3 is 0 Å². The van der Waals surface area contributed by atoms with Crippen molar-refractivity contribution in [3.05, 3.63) is 29.8 Å². The van der Waals surface area contributed by atoms with E-state index >= 15 is 0 Å². The van der Waals surface area contributed by atoms with Crippen LogP contribution in [0.5, 0.6) is 0 Å². The summed E-state index contributed by atoms with van der Waals surface area (Å²) in [4.78, 5) is 8.43. The topological polar surface area (TPSA) is 75.6 Å². The lowest BCUT2D eigenvalue weighted by Crippen LogP contribution is -1.97. The second kappa shape index (κ2) is 5.41. The number of hydrogen-bond acceptors (Lipinski definition) is 5. The fourth-order valence-corrected chi connectivity index (χ4v) is 2.82. The molecule has 2 unspecified atom stereocenters. The maximum Gasteiger partial charge on any atom is 0.258 e. The first-order valence-corrected chi connectivity index (χ1v) is 7.00. The lowest BCUT2D eigenvalue weighted by molar-refractivity contribution is 0.413. The van der Waals surface area contributed by atoms with E-state index in [2.05, 4.69) is 22.0 Å². The highest BCUT2D eigenvalue weighted by molar-refractivity contribution is 5.54. The van der Waals surface area contributed by atoms with Crippen LogP contribution in [0.2, 0.25) is 0 Å². The van der Waals surface area contributed by atoms with Gasteiger partial charge in [-0.1, -0.05) is 18.5 Å². The van der Waals surface area contributed by atoms with Crippen LogP contribution >= 0.6 is 0 Å². The summed E-state index contributed by atoms with van der Waals surface area (Å²) >= 11 is 0. The summed E-state index contributed by atoms with van der Waals surface area (Å²) in [7, 11) is 0.